The maximum absolute atomic E-state index is 6.21. The fraction of sp³-hybridized carbons (Fsp3) is 0.600. The smallest absolute Gasteiger partial charge is 0.200 e. The number of aliphatic imine (C=N–C) groups is 2. The second kappa shape index (κ2) is 10.4. The molecule has 0 radical (unpaired) electrons. The summed E-state index contributed by atoms with van der Waals surface area (Å²) in [5, 5.41) is 10.7. The number of unbranched alkanes of at least 4 members (excludes halogenated alkanes) is 5. The van der Waals surface area contributed by atoms with Gasteiger partial charge >= 0.3 is 0 Å². The van der Waals surface area contributed by atoms with Crippen molar-refractivity contribution in [1.29, 1.82) is 0 Å². The fourth-order valence-corrected chi connectivity index (χ4v) is 3.03. The quantitative estimate of drug-likeness (QED) is 0.558. The van der Waals surface area contributed by atoms with Crippen molar-refractivity contribution < 1.29 is 0 Å². The molecular formula is C20H32ClN5. The molecule has 6 heteroatoms. The Morgan fingerprint density at radius 1 is 0.923 bits per heavy atom. The molecule has 1 aromatic rings. The molecule has 1 aliphatic heterocycles. The molecule has 0 aliphatic carbocycles. The molecule has 0 amide bonds. The predicted octanol–water partition coefficient (Wildman–Crippen LogP) is 4.43. The van der Waals surface area contributed by atoms with E-state index in [0.29, 0.717) is 6.54 Å². The highest BCUT2D eigenvalue weighted by atomic mass is 35.5. The van der Waals surface area contributed by atoms with E-state index in [-0.39, 0.29) is 5.66 Å². The van der Waals surface area contributed by atoms with Crippen LogP contribution in [0.4, 0.5) is 0 Å². The maximum atomic E-state index is 6.21. The molecule has 144 valence electrons. The lowest BCUT2D eigenvalue weighted by Gasteiger charge is -2.36. The van der Waals surface area contributed by atoms with E-state index in [1.165, 1.54) is 32.1 Å². The van der Waals surface area contributed by atoms with Crippen LogP contribution in [0.15, 0.2) is 34.3 Å². The van der Waals surface area contributed by atoms with Crippen molar-refractivity contribution in [2.24, 2.45) is 9.98 Å². The number of guanidine groups is 2. The number of hydrogen-bond acceptors (Lipinski definition) is 2. The van der Waals surface area contributed by atoms with Crippen molar-refractivity contribution in [3.05, 3.63) is 34.9 Å². The minimum Gasteiger partial charge on any atom is -0.334 e. The Morgan fingerprint density at radius 2 is 1.58 bits per heavy atom. The van der Waals surface area contributed by atoms with E-state index >= 15 is 0 Å². The van der Waals surface area contributed by atoms with Crippen LogP contribution in [-0.2, 0) is 6.54 Å². The first-order chi connectivity index (χ1) is 12.5. The first kappa shape index (κ1) is 20.6. The Bertz CT molecular complexity index is 624. The predicted molar refractivity (Wildman–Crippen MR) is 112 cm³/mol. The molecule has 2 rings (SSSR count). The van der Waals surface area contributed by atoms with Crippen molar-refractivity contribution in [3.63, 3.8) is 0 Å². The third-order valence-corrected chi connectivity index (χ3v) is 4.61. The van der Waals surface area contributed by atoms with Crippen LogP contribution in [-0.4, -0.2) is 24.1 Å². The van der Waals surface area contributed by atoms with Crippen LogP contribution in [0.2, 0.25) is 5.02 Å². The fourth-order valence-electron chi connectivity index (χ4n) is 2.83. The summed E-state index contributed by atoms with van der Waals surface area (Å²) in [7, 11) is 0. The number of halogens is 1. The first-order valence-electron chi connectivity index (χ1n) is 9.66. The molecule has 0 atom stereocenters. The zero-order valence-corrected chi connectivity index (χ0v) is 17.0. The SMILES string of the molecule is CCCCCCCCN=C1NC(=NCc2ccccc2Cl)NC(C)(C)N1. The van der Waals surface area contributed by atoms with Crippen molar-refractivity contribution in [3.8, 4) is 0 Å². The normalized spacial score (nSPS) is 19.1. The Balaban J connectivity index is 1.88. The summed E-state index contributed by atoms with van der Waals surface area (Å²) in [5.41, 5.74) is 0.706. The average molecular weight is 378 g/mol. The van der Waals surface area contributed by atoms with Gasteiger partial charge in [-0.15, -0.1) is 0 Å². The summed E-state index contributed by atoms with van der Waals surface area (Å²) >= 11 is 6.21. The van der Waals surface area contributed by atoms with Crippen LogP contribution in [0.1, 0.15) is 64.9 Å². The topological polar surface area (TPSA) is 60.8 Å². The van der Waals surface area contributed by atoms with Gasteiger partial charge in [0.15, 0.2) is 11.9 Å². The Kier molecular flexibility index (Phi) is 8.23. The number of nitrogens with zero attached hydrogens (tertiary/aromatic N) is 2. The summed E-state index contributed by atoms with van der Waals surface area (Å²) in [5.74, 6) is 1.50. The van der Waals surface area contributed by atoms with Gasteiger partial charge in [-0.3, -0.25) is 10.3 Å². The van der Waals surface area contributed by atoms with E-state index in [1.54, 1.807) is 0 Å². The highest BCUT2D eigenvalue weighted by Gasteiger charge is 2.26. The molecule has 5 nitrogen and oxygen atoms in total. The summed E-state index contributed by atoms with van der Waals surface area (Å²) in [6.45, 7) is 7.73. The molecule has 0 aromatic heterocycles. The number of benzene rings is 1. The van der Waals surface area contributed by atoms with Gasteiger partial charge in [0.05, 0.1) is 6.54 Å². The Morgan fingerprint density at radius 3 is 2.31 bits per heavy atom. The summed E-state index contributed by atoms with van der Waals surface area (Å²) in [6, 6.07) is 7.78. The lowest BCUT2D eigenvalue weighted by molar-refractivity contribution is 0.403. The minimum absolute atomic E-state index is 0.301. The molecule has 3 N–H and O–H groups in total. The van der Waals surface area contributed by atoms with Crippen molar-refractivity contribution in [2.45, 2.75) is 71.5 Å². The Hall–Kier alpha value is -1.75. The Labute approximate surface area is 162 Å². The van der Waals surface area contributed by atoms with E-state index in [4.69, 9.17) is 11.6 Å². The monoisotopic (exact) mass is 377 g/mol. The second-order valence-corrected chi connectivity index (χ2v) is 7.66. The van der Waals surface area contributed by atoms with Crippen molar-refractivity contribution >= 4 is 23.5 Å². The van der Waals surface area contributed by atoms with Gasteiger partial charge in [0.1, 0.15) is 5.66 Å². The first-order valence-corrected chi connectivity index (χ1v) is 10.0. The van der Waals surface area contributed by atoms with Crippen LogP contribution in [0.5, 0.6) is 0 Å². The molecule has 0 saturated carbocycles. The average Bonchev–Trinajstić information content (AvgIpc) is 2.59. The van der Waals surface area contributed by atoms with Crippen molar-refractivity contribution in [2.75, 3.05) is 6.54 Å². The molecule has 0 unspecified atom stereocenters. The molecule has 0 spiro atoms. The summed E-state index contributed by atoms with van der Waals surface area (Å²) < 4.78 is 0. The van der Waals surface area contributed by atoms with E-state index < -0.39 is 0 Å². The van der Waals surface area contributed by atoms with Crippen molar-refractivity contribution in [1.82, 2.24) is 16.0 Å². The molecular weight excluding hydrogens is 346 g/mol. The van der Waals surface area contributed by atoms with Crippen LogP contribution < -0.4 is 16.0 Å². The van der Waals surface area contributed by atoms with E-state index in [0.717, 1.165) is 35.5 Å². The van der Waals surface area contributed by atoms with Gasteiger partial charge < -0.3 is 10.6 Å². The lowest BCUT2D eigenvalue weighted by atomic mass is 10.1. The third kappa shape index (κ3) is 7.24. The molecule has 1 heterocycles. The lowest BCUT2D eigenvalue weighted by Crippen LogP contribution is -2.68. The van der Waals surface area contributed by atoms with Gasteiger partial charge in [0, 0.05) is 11.6 Å². The summed E-state index contributed by atoms with van der Waals surface area (Å²) in [6.07, 6.45) is 7.62. The van der Waals surface area contributed by atoms with E-state index in [9.17, 15) is 0 Å². The molecule has 1 aliphatic rings. The van der Waals surface area contributed by atoms with Crippen LogP contribution in [0.25, 0.3) is 0 Å². The van der Waals surface area contributed by atoms with Gasteiger partial charge in [0.2, 0.25) is 0 Å². The molecule has 1 saturated heterocycles. The zero-order valence-electron chi connectivity index (χ0n) is 16.2. The van der Waals surface area contributed by atoms with Gasteiger partial charge in [0.25, 0.3) is 0 Å². The van der Waals surface area contributed by atoms with E-state index in [1.807, 2.05) is 24.3 Å². The highest BCUT2D eigenvalue weighted by molar-refractivity contribution is 6.31. The van der Waals surface area contributed by atoms with Gasteiger partial charge in [-0.25, -0.2) is 4.99 Å². The van der Waals surface area contributed by atoms with Crippen LogP contribution in [0, 0.1) is 0 Å². The number of nitrogens with one attached hydrogen (secondary N) is 3. The van der Waals surface area contributed by atoms with E-state index in [2.05, 4.69) is 46.7 Å². The van der Waals surface area contributed by atoms with Gasteiger partial charge in [-0.05, 0) is 31.9 Å². The van der Waals surface area contributed by atoms with Crippen LogP contribution >= 0.6 is 11.6 Å². The molecule has 1 fully saturated rings. The largest absolute Gasteiger partial charge is 0.334 e. The molecule has 26 heavy (non-hydrogen) atoms. The standard InChI is InChI=1S/C20H32ClN5/c1-4-5-6-7-8-11-14-22-18-24-19(26-20(2,3)25-18)23-15-16-12-9-10-13-17(16)21/h9-10,12-13H,4-8,11,14-15H2,1-3H3,(H3,22,23,24,25,26). The zero-order chi connectivity index (χ0) is 18.8. The second-order valence-electron chi connectivity index (χ2n) is 7.25. The minimum atomic E-state index is -0.301. The number of hydrogen-bond donors (Lipinski definition) is 3. The molecule has 1 aromatic carbocycles. The highest BCUT2D eigenvalue weighted by Crippen LogP contribution is 2.15. The third-order valence-electron chi connectivity index (χ3n) is 4.25. The van der Waals surface area contributed by atoms with Crippen LogP contribution in [0.3, 0.4) is 0 Å². The maximum Gasteiger partial charge on any atom is 0.200 e. The molecule has 0 bridgehead atoms. The van der Waals surface area contributed by atoms with Gasteiger partial charge in [-0.2, -0.15) is 0 Å². The van der Waals surface area contributed by atoms with Gasteiger partial charge in [-0.1, -0.05) is 68.8 Å². The summed E-state index contributed by atoms with van der Waals surface area (Å²) in [4.78, 5) is 9.29. The number of rotatable bonds is 9.